The second kappa shape index (κ2) is 4.14. The number of aryl methyl sites for hydroxylation is 1. The van der Waals surface area contributed by atoms with Crippen LogP contribution in [0.2, 0.25) is 0 Å². The minimum atomic E-state index is 0.469. The number of para-hydroxylation sites is 1. The average Bonchev–Trinajstić information content (AvgIpc) is 2.65. The molecule has 2 aromatic rings. The van der Waals surface area contributed by atoms with Crippen LogP contribution in [0.25, 0.3) is 0 Å². The van der Waals surface area contributed by atoms with E-state index in [2.05, 4.69) is 5.10 Å². The average molecular weight is 203 g/mol. The number of nitrogens with zero attached hydrogens (tertiary/aromatic N) is 2. The molecule has 0 aliphatic rings. The van der Waals surface area contributed by atoms with E-state index in [0.29, 0.717) is 6.54 Å². The monoisotopic (exact) mass is 203 g/mol. The first-order valence-corrected chi connectivity index (χ1v) is 4.74. The predicted octanol–water partition coefficient (Wildman–Crippen LogP) is 1.67. The van der Waals surface area contributed by atoms with Gasteiger partial charge in [-0.2, -0.15) is 5.10 Å². The third-order valence-corrected chi connectivity index (χ3v) is 2.10. The molecule has 4 nitrogen and oxygen atoms in total. The van der Waals surface area contributed by atoms with E-state index in [0.717, 1.165) is 17.1 Å². The van der Waals surface area contributed by atoms with Gasteiger partial charge in [-0.3, -0.25) is 4.68 Å². The summed E-state index contributed by atoms with van der Waals surface area (Å²) in [5.74, 6) is 1.51. The molecule has 0 atom stereocenters. The Morgan fingerprint density at radius 2 is 2.20 bits per heavy atom. The Morgan fingerprint density at radius 3 is 2.87 bits per heavy atom. The standard InChI is InChI=1S/C11H13N3O/c1-14-8-10(7-13-14)15-11-5-3-2-4-9(11)6-12/h2-5,7-8H,6,12H2,1H3. The second-order valence-corrected chi connectivity index (χ2v) is 3.26. The molecule has 1 heterocycles. The lowest BCUT2D eigenvalue weighted by atomic mass is 10.2. The van der Waals surface area contributed by atoms with Gasteiger partial charge >= 0.3 is 0 Å². The van der Waals surface area contributed by atoms with Crippen LogP contribution < -0.4 is 10.5 Å². The normalized spacial score (nSPS) is 10.3. The van der Waals surface area contributed by atoms with E-state index in [1.807, 2.05) is 37.5 Å². The summed E-state index contributed by atoms with van der Waals surface area (Å²) < 4.78 is 7.35. The number of nitrogens with two attached hydrogens (primary N) is 1. The van der Waals surface area contributed by atoms with E-state index in [1.54, 1.807) is 10.9 Å². The van der Waals surface area contributed by atoms with Crippen molar-refractivity contribution >= 4 is 0 Å². The molecule has 4 heteroatoms. The van der Waals surface area contributed by atoms with Crippen molar-refractivity contribution in [3.05, 3.63) is 42.2 Å². The number of hydrogen-bond acceptors (Lipinski definition) is 3. The fourth-order valence-corrected chi connectivity index (χ4v) is 1.35. The molecule has 0 saturated carbocycles. The maximum Gasteiger partial charge on any atom is 0.165 e. The Kier molecular flexibility index (Phi) is 2.69. The molecule has 0 unspecified atom stereocenters. The molecule has 0 radical (unpaired) electrons. The van der Waals surface area contributed by atoms with Gasteiger partial charge in [-0.15, -0.1) is 0 Å². The lowest BCUT2D eigenvalue weighted by molar-refractivity contribution is 0.476. The molecule has 0 bridgehead atoms. The van der Waals surface area contributed by atoms with Crippen LogP contribution in [0.1, 0.15) is 5.56 Å². The Morgan fingerprint density at radius 1 is 1.40 bits per heavy atom. The third-order valence-electron chi connectivity index (χ3n) is 2.10. The molecule has 0 aliphatic heterocycles. The van der Waals surface area contributed by atoms with Crippen molar-refractivity contribution in [2.75, 3.05) is 0 Å². The maximum absolute atomic E-state index is 5.66. The molecule has 0 spiro atoms. The molecule has 1 aromatic heterocycles. The lowest BCUT2D eigenvalue weighted by Gasteiger charge is -2.07. The highest BCUT2D eigenvalue weighted by Crippen LogP contribution is 2.23. The number of hydrogen-bond donors (Lipinski definition) is 1. The molecular weight excluding hydrogens is 190 g/mol. The highest BCUT2D eigenvalue weighted by molar-refractivity contribution is 5.36. The predicted molar refractivity (Wildman–Crippen MR) is 57.6 cm³/mol. The Labute approximate surface area is 88.3 Å². The molecule has 78 valence electrons. The summed E-state index contributed by atoms with van der Waals surface area (Å²) in [6.07, 6.45) is 3.49. The minimum Gasteiger partial charge on any atom is -0.454 e. The summed E-state index contributed by atoms with van der Waals surface area (Å²) in [5.41, 5.74) is 6.60. The highest BCUT2D eigenvalue weighted by Gasteiger charge is 2.03. The maximum atomic E-state index is 5.66. The summed E-state index contributed by atoms with van der Waals surface area (Å²) in [6.45, 7) is 0.469. The van der Waals surface area contributed by atoms with Crippen LogP contribution in [0, 0.1) is 0 Å². The van der Waals surface area contributed by atoms with E-state index in [9.17, 15) is 0 Å². The van der Waals surface area contributed by atoms with Crippen molar-refractivity contribution in [2.24, 2.45) is 12.8 Å². The van der Waals surface area contributed by atoms with Crippen LogP contribution in [0.5, 0.6) is 11.5 Å². The summed E-state index contributed by atoms with van der Waals surface area (Å²) >= 11 is 0. The fraction of sp³-hybridized carbons (Fsp3) is 0.182. The summed E-state index contributed by atoms with van der Waals surface area (Å²) in [6, 6.07) is 7.71. The molecular formula is C11H13N3O. The molecule has 0 saturated heterocycles. The smallest absolute Gasteiger partial charge is 0.165 e. The van der Waals surface area contributed by atoms with Crippen molar-refractivity contribution < 1.29 is 4.74 Å². The van der Waals surface area contributed by atoms with Gasteiger partial charge in [0, 0.05) is 19.2 Å². The van der Waals surface area contributed by atoms with Crippen molar-refractivity contribution in [2.45, 2.75) is 6.54 Å². The topological polar surface area (TPSA) is 53.1 Å². The lowest BCUT2D eigenvalue weighted by Crippen LogP contribution is -1.98. The van der Waals surface area contributed by atoms with Gasteiger partial charge < -0.3 is 10.5 Å². The van der Waals surface area contributed by atoms with Crippen LogP contribution in [0.4, 0.5) is 0 Å². The third kappa shape index (κ3) is 2.16. The van der Waals surface area contributed by atoms with E-state index in [1.165, 1.54) is 0 Å². The van der Waals surface area contributed by atoms with Crippen LogP contribution in [-0.4, -0.2) is 9.78 Å². The quantitative estimate of drug-likeness (QED) is 0.825. The van der Waals surface area contributed by atoms with Gasteiger partial charge in [-0.05, 0) is 6.07 Å². The molecule has 0 amide bonds. The number of aromatic nitrogens is 2. The van der Waals surface area contributed by atoms with Crippen LogP contribution >= 0.6 is 0 Å². The Balaban J connectivity index is 2.23. The van der Waals surface area contributed by atoms with Crippen molar-refractivity contribution in [3.8, 4) is 11.5 Å². The van der Waals surface area contributed by atoms with E-state index in [4.69, 9.17) is 10.5 Å². The largest absolute Gasteiger partial charge is 0.454 e. The first-order chi connectivity index (χ1) is 7.29. The zero-order valence-electron chi connectivity index (χ0n) is 8.55. The van der Waals surface area contributed by atoms with Crippen LogP contribution in [0.3, 0.4) is 0 Å². The van der Waals surface area contributed by atoms with Gasteiger partial charge in [0.15, 0.2) is 5.75 Å². The molecule has 2 N–H and O–H groups in total. The fourth-order valence-electron chi connectivity index (χ4n) is 1.35. The van der Waals surface area contributed by atoms with Gasteiger partial charge in [0.05, 0.1) is 12.4 Å². The van der Waals surface area contributed by atoms with Gasteiger partial charge in [0.25, 0.3) is 0 Å². The molecule has 0 aliphatic carbocycles. The van der Waals surface area contributed by atoms with Crippen LogP contribution in [-0.2, 0) is 13.6 Å². The van der Waals surface area contributed by atoms with Crippen molar-refractivity contribution in [1.82, 2.24) is 9.78 Å². The number of benzene rings is 1. The van der Waals surface area contributed by atoms with E-state index < -0.39 is 0 Å². The number of rotatable bonds is 3. The van der Waals surface area contributed by atoms with Crippen molar-refractivity contribution in [1.29, 1.82) is 0 Å². The molecule has 0 fully saturated rings. The first kappa shape index (κ1) is 9.73. The summed E-state index contributed by atoms with van der Waals surface area (Å²) in [5, 5.41) is 4.03. The van der Waals surface area contributed by atoms with Gasteiger partial charge in [-0.25, -0.2) is 0 Å². The summed E-state index contributed by atoms with van der Waals surface area (Å²) in [7, 11) is 1.85. The zero-order valence-corrected chi connectivity index (χ0v) is 8.55. The second-order valence-electron chi connectivity index (χ2n) is 3.26. The first-order valence-electron chi connectivity index (χ1n) is 4.74. The molecule has 1 aromatic carbocycles. The van der Waals surface area contributed by atoms with E-state index >= 15 is 0 Å². The minimum absolute atomic E-state index is 0.469. The molecule has 15 heavy (non-hydrogen) atoms. The Bertz CT molecular complexity index is 451. The molecule has 2 rings (SSSR count). The SMILES string of the molecule is Cn1cc(Oc2ccccc2CN)cn1. The van der Waals surface area contributed by atoms with Crippen molar-refractivity contribution in [3.63, 3.8) is 0 Å². The highest BCUT2D eigenvalue weighted by atomic mass is 16.5. The van der Waals surface area contributed by atoms with E-state index in [-0.39, 0.29) is 0 Å². The van der Waals surface area contributed by atoms with Gasteiger partial charge in [0.2, 0.25) is 0 Å². The van der Waals surface area contributed by atoms with Gasteiger partial charge in [0.1, 0.15) is 5.75 Å². The van der Waals surface area contributed by atoms with Gasteiger partial charge in [-0.1, -0.05) is 18.2 Å². The number of ether oxygens (including phenoxy) is 1. The zero-order chi connectivity index (χ0) is 10.7. The summed E-state index contributed by atoms with van der Waals surface area (Å²) in [4.78, 5) is 0. The Hall–Kier alpha value is -1.81. The van der Waals surface area contributed by atoms with Crippen LogP contribution in [0.15, 0.2) is 36.7 Å².